The van der Waals surface area contributed by atoms with Gasteiger partial charge in [0.2, 0.25) is 0 Å². The first-order valence-corrected chi connectivity index (χ1v) is 6.72. The Balaban J connectivity index is 1.89. The van der Waals surface area contributed by atoms with E-state index >= 15 is 0 Å². The molecule has 3 N–H and O–H groups in total. The molecular weight excluding hydrogens is 260 g/mol. The van der Waals surface area contributed by atoms with Crippen LogP contribution >= 0.6 is 0 Å². The molecular formula is C17H16N4. The SMILES string of the molecule is N=C(N)c1ccccc1-c1ccc(Cn2ccnc2)cc1. The molecule has 0 fully saturated rings. The second-order valence-electron chi connectivity index (χ2n) is 4.89. The molecule has 0 aliphatic rings. The molecule has 0 aliphatic carbocycles. The summed E-state index contributed by atoms with van der Waals surface area (Å²) in [7, 11) is 0. The number of imidazole rings is 1. The van der Waals surface area contributed by atoms with E-state index in [0.717, 1.165) is 23.2 Å². The lowest BCUT2D eigenvalue weighted by Gasteiger charge is -2.09. The zero-order chi connectivity index (χ0) is 14.7. The highest BCUT2D eigenvalue weighted by Crippen LogP contribution is 2.24. The minimum atomic E-state index is 0.0908. The summed E-state index contributed by atoms with van der Waals surface area (Å²) in [5, 5.41) is 7.67. The Morgan fingerprint density at radius 1 is 1.10 bits per heavy atom. The summed E-state index contributed by atoms with van der Waals surface area (Å²) < 4.78 is 2.03. The van der Waals surface area contributed by atoms with Gasteiger partial charge in [0.05, 0.1) is 6.33 Å². The van der Waals surface area contributed by atoms with Gasteiger partial charge in [-0.3, -0.25) is 5.41 Å². The van der Waals surface area contributed by atoms with Crippen molar-refractivity contribution >= 4 is 5.84 Å². The molecule has 3 aromatic rings. The van der Waals surface area contributed by atoms with E-state index in [1.807, 2.05) is 35.0 Å². The molecule has 0 amide bonds. The fourth-order valence-corrected chi connectivity index (χ4v) is 2.35. The molecule has 1 aromatic heterocycles. The van der Waals surface area contributed by atoms with Crippen LogP contribution in [0.4, 0.5) is 0 Å². The molecule has 0 spiro atoms. The number of hydrogen-bond donors (Lipinski definition) is 2. The molecule has 4 heteroatoms. The van der Waals surface area contributed by atoms with Crippen LogP contribution in [0.3, 0.4) is 0 Å². The lowest BCUT2D eigenvalue weighted by molar-refractivity contribution is 0.797. The summed E-state index contributed by atoms with van der Waals surface area (Å²) in [6.45, 7) is 0.800. The maximum absolute atomic E-state index is 7.67. The van der Waals surface area contributed by atoms with E-state index in [-0.39, 0.29) is 5.84 Å². The monoisotopic (exact) mass is 276 g/mol. The van der Waals surface area contributed by atoms with Gasteiger partial charge in [-0.2, -0.15) is 0 Å². The third-order valence-electron chi connectivity index (χ3n) is 3.41. The Morgan fingerprint density at radius 2 is 1.86 bits per heavy atom. The van der Waals surface area contributed by atoms with E-state index in [9.17, 15) is 0 Å². The second-order valence-corrected chi connectivity index (χ2v) is 4.89. The number of aromatic nitrogens is 2. The maximum atomic E-state index is 7.67. The quantitative estimate of drug-likeness (QED) is 0.568. The van der Waals surface area contributed by atoms with E-state index < -0.39 is 0 Å². The van der Waals surface area contributed by atoms with Crippen molar-refractivity contribution in [2.75, 3.05) is 0 Å². The van der Waals surface area contributed by atoms with Crippen molar-refractivity contribution in [3.05, 3.63) is 78.4 Å². The predicted molar refractivity (Wildman–Crippen MR) is 84.2 cm³/mol. The number of nitrogens with one attached hydrogen (secondary N) is 1. The molecule has 0 unspecified atom stereocenters. The topological polar surface area (TPSA) is 67.7 Å². The van der Waals surface area contributed by atoms with Gasteiger partial charge in [-0.1, -0.05) is 48.5 Å². The molecule has 4 nitrogen and oxygen atoms in total. The highest BCUT2D eigenvalue weighted by molar-refractivity contribution is 6.01. The van der Waals surface area contributed by atoms with Crippen molar-refractivity contribution < 1.29 is 0 Å². The number of nitrogen functional groups attached to an aromatic ring is 1. The van der Waals surface area contributed by atoms with Crippen molar-refractivity contribution in [1.82, 2.24) is 9.55 Å². The van der Waals surface area contributed by atoms with Crippen LogP contribution in [0.5, 0.6) is 0 Å². The number of rotatable bonds is 4. The third-order valence-corrected chi connectivity index (χ3v) is 3.41. The number of hydrogen-bond acceptors (Lipinski definition) is 2. The summed E-state index contributed by atoms with van der Waals surface area (Å²) in [5.74, 6) is 0.0908. The molecule has 0 atom stereocenters. The zero-order valence-corrected chi connectivity index (χ0v) is 11.5. The Bertz CT molecular complexity index is 743. The standard InChI is InChI=1S/C17H16N4/c18-17(19)16-4-2-1-3-15(16)14-7-5-13(6-8-14)11-21-10-9-20-12-21/h1-10,12H,11H2,(H3,18,19). The number of nitrogens with zero attached hydrogens (tertiary/aromatic N) is 2. The fraction of sp³-hybridized carbons (Fsp3) is 0.0588. The van der Waals surface area contributed by atoms with Gasteiger partial charge in [-0.25, -0.2) is 4.98 Å². The van der Waals surface area contributed by atoms with E-state index in [0.29, 0.717) is 0 Å². The lowest BCUT2D eigenvalue weighted by Crippen LogP contribution is -2.12. The van der Waals surface area contributed by atoms with Crippen LogP contribution in [0.15, 0.2) is 67.3 Å². The van der Waals surface area contributed by atoms with Gasteiger partial charge in [0.1, 0.15) is 5.84 Å². The van der Waals surface area contributed by atoms with E-state index in [1.54, 1.807) is 12.5 Å². The van der Waals surface area contributed by atoms with Crippen molar-refractivity contribution in [1.29, 1.82) is 5.41 Å². The van der Waals surface area contributed by atoms with Gasteiger partial charge in [0, 0.05) is 24.5 Å². The van der Waals surface area contributed by atoms with Gasteiger partial charge >= 0.3 is 0 Å². The van der Waals surface area contributed by atoms with Gasteiger partial charge in [-0.15, -0.1) is 0 Å². The van der Waals surface area contributed by atoms with Crippen LogP contribution in [0.1, 0.15) is 11.1 Å². The molecule has 0 bridgehead atoms. The average molecular weight is 276 g/mol. The van der Waals surface area contributed by atoms with Crippen molar-refractivity contribution in [2.24, 2.45) is 5.73 Å². The Labute approximate surface area is 123 Å². The first-order valence-electron chi connectivity index (χ1n) is 6.72. The van der Waals surface area contributed by atoms with Crippen LogP contribution in [-0.2, 0) is 6.54 Å². The predicted octanol–water partition coefficient (Wildman–Crippen LogP) is 2.88. The molecule has 21 heavy (non-hydrogen) atoms. The van der Waals surface area contributed by atoms with Crippen molar-refractivity contribution in [3.63, 3.8) is 0 Å². The van der Waals surface area contributed by atoms with Crippen molar-refractivity contribution in [2.45, 2.75) is 6.54 Å². The van der Waals surface area contributed by atoms with Gasteiger partial charge in [0.25, 0.3) is 0 Å². The highest BCUT2D eigenvalue weighted by Gasteiger charge is 2.06. The highest BCUT2D eigenvalue weighted by atomic mass is 15.0. The molecule has 3 rings (SSSR count). The number of benzene rings is 2. The van der Waals surface area contributed by atoms with Crippen LogP contribution in [0, 0.1) is 5.41 Å². The third kappa shape index (κ3) is 2.84. The fourth-order valence-electron chi connectivity index (χ4n) is 2.35. The number of amidine groups is 1. The van der Waals surface area contributed by atoms with Crippen LogP contribution in [-0.4, -0.2) is 15.4 Å². The summed E-state index contributed by atoms with van der Waals surface area (Å²) in [6.07, 6.45) is 5.52. The minimum absolute atomic E-state index is 0.0908. The second kappa shape index (κ2) is 5.63. The van der Waals surface area contributed by atoms with Crippen LogP contribution < -0.4 is 5.73 Å². The summed E-state index contributed by atoms with van der Waals surface area (Å²) in [4.78, 5) is 4.04. The van der Waals surface area contributed by atoms with E-state index in [1.165, 1.54) is 5.56 Å². The van der Waals surface area contributed by atoms with Crippen LogP contribution in [0.2, 0.25) is 0 Å². The summed E-state index contributed by atoms with van der Waals surface area (Å²) in [5.41, 5.74) is 9.66. The number of nitrogens with two attached hydrogens (primary N) is 1. The van der Waals surface area contributed by atoms with Crippen molar-refractivity contribution in [3.8, 4) is 11.1 Å². The Morgan fingerprint density at radius 3 is 2.52 bits per heavy atom. The molecule has 0 saturated carbocycles. The van der Waals surface area contributed by atoms with Gasteiger partial charge in [0.15, 0.2) is 0 Å². The normalized spacial score (nSPS) is 10.5. The van der Waals surface area contributed by atoms with E-state index in [4.69, 9.17) is 11.1 Å². The van der Waals surface area contributed by atoms with Gasteiger partial charge < -0.3 is 10.3 Å². The smallest absolute Gasteiger partial charge is 0.123 e. The summed E-state index contributed by atoms with van der Waals surface area (Å²) >= 11 is 0. The molecule has 1 heterocycles. The molecule has 0 radical (unpaired) electrons. The molecule has 0 saturated heterocycles. The zero-order valence-electron chi connectivity index (χ0n) is 11.5. The maximum Gasteiger partial charge on any atom is 0.123 e. The molecule has 0 aliphatic heterocycles. The van der Waals surface area contributed by atoms with E-state index in [2.05, 4.69) is 29.2 Å². The average Bonchev–Trinajstić information content (AvgIpc) is 3.01. The van der Waals surface area contributed by atoms with Gasteiger partial charge in [-0.05, 0) is 16.7 Å². The van der Waals surface area contributed by atoms with Crippen LogP contribution in [0.25, 0.3) is 11.1 Å². The molecule has 104 valence electrons. The lowest BCUT2D eigenvalue weighted by atomic mass is 9.98. The minimum Gasteiger partial charge on any atom is -0.384 e. The first-order chi connectivity index (χ1) is 10.2. The Hall–Kier alpha value is -2.88. The largest absolute Gasteiger partial charge is 0.384 e. The summed E-state index contributed by atoms with van der Waals surface area (Å²) in [6, 6.07) is 16.0. The molecule has 2 aromatic carbocycles. The Kier molecular flexibility index (Phi) is 3.51. The first kappa shape index (κ1) is 13.1.